The second kappa shape index (κ2) is 12.4. The van der Waals surface area contributed by atoms with Crippen molar-refractivity contribution in [1.82, 2.24) is 19.8 Å². The Bertz CT molecular complexity index is 1340. The SMILES string of the molecule is CCCCN1CCCN(c2ccc3nc(-c4ccc(F)c(OC)c4)n(CC(=O)NC(C)C)c(=O)c3c2)CC1. The van der Waals surface area contributed by atoms with E-state index in [0.717, 1.165) is 44.8 Å². The Morgan fingerprint density at radius 2 is 1.95 bits per heavy atom. The minimum atomic E-state index is -0.515. The van der Waals surface area contributed by atoms with Crippen LogP contribution in [-0.4, -0.2) is 66.2 Å². The van der Waals surface area contributed by atoms with E-state index in [1.807, 2.05) is 32.0 Å². The molecule has 0 bridgehead atoms. The number of anilines is 1. The van der Waals surface area contributed by atoms with Crippen LogP contribution in [0.25, 0.3) is 22.3 Å². The lowest BCUT2D eigenvalue weighted by Crippen LogP contribution is -2.37. The monoisotopic (exact) mass is 523 g/mol. The minimum Gasteiger partial charge on any atom is -0.494 e. The number of aromatic nitrogens is 2. The van der Waals surface area contributed by atoms with Crippen molar-refractivity contribution in [2.45, 2.75) is 52.6 Å². The summed E-state index contributed by atoms with van der Waals surface area (Å²) < 4.78 is 20.6. The fourth-order valence-electron chi connectivity index (χ4n) is 4.92. The summed E-state index contributed by atoms with van der Waals surface area (Å²) in [4.78, 5) is 36.2. The van der Waals surface area contributed by atoms with E-state index < -0.39 is 5.82 Å². The van der Waals surface area contributed by atoms with Crippen LogP contribution in [0.1, 0.15) is 40.0 Å². The number of ether oxygens (including phenoxy) is 1. The molecule has 0 saturated carbocycles. The van der Waals surface area contributed by atoms with Gasteiger partial charge in [0.15, 0.2) is 11.6 Å². The molecule has 0 atom stereocenters. The third-order valence-electron chi connectivity index (χ3n) is 6.88. The predicted octanol–water partition coefficient (Wildman–Crippen LogP) is 4.05. The zero-order valence-electron chi connectivity index (χ0n) is 22.8. The second-order valence-electron chi connectivity index (χ2n) is 10.1. The first-order valence-corrected chi connectivity index (χ1v) is 13.5. The van der Waals surface area contributed by atoms with Crippen LogP contribution in [0, 0.1) is 5.82 Å². The maximum atomic E-state index is 14.1. The molecule has 1 aromatic heterocycles. The molecule has 2 aromatic carbocycles. The van der Waals surface area contributed by atoms with Gasteiger partial charge in [-0.1, -0.05) is 13.3 Å². The van der Waals surface area contributed by atoms with Crippen LogP contribution in [0.2, 0.25) is 0 Å². The number of nitrogens with one attached hydrogen (secondary N) is 1. The van der Waals surface area contributed by atoms with Gasteiger partial charge in [0.2, 0.25) is 5.91 Å². The Kier molecular flexibility index (Phi) is 8.99. The second-order valence-corrected chi connectivity index (χ2v) is 10.1. The lowest BCUT2D eigenvalue weighted by Gasteiger charge is -2.24. The van der Waals surface area contributed by atoms with Gasteiger partial charge in [0.1, 0.15) is 12.4 Å². The van der Waals surface area contributed by atoms with Crippen molar-refractivity contribution < 1.29 is 13.9 Å². The van der Waals surface area contributed by atoms with Crippen LogP contribution in [0.5, 0.6) is 5.75 Å². The highest BCUT2D eigenvalue weighted by atomic mass is 19.1. The summed E-state index contributed by atoms with van der Waals surface area (Å²) in [5.41, 5.74) is 1.68. The van der Waals surface area contributed by atoms with Crippen LogP contribution in [0.3, 0.4) is 0 Å². The number of nitrogens with zero attached hydrogens (tertiary/aromatic N) is 4. The Balaban J connectivity index is 1.75. The highest BCUT2D eigenvalue weighted by Crippen LogP contribution is 2.27. The molecule has 0 radical (unpaired) electrons. The van der Waals surface area contributed by atoms with E-state index >= 15 is 0 Å². The number of carbonyl (C=O) groups excluding carboxylic acids is 1. The molecule has 9 heteroatoms. The van der Waals surface area contributed by atoms with E-state index in [-0.39, 0.29) is 35.6 Å². The van der Waals surface area contributed by atoms with Gasteiger partial charge < -0.3 is 19.9 Å². The van der Waals surface area contributed by atoms with Gasteiger partial charge >= 0.3 is 0 Å². The standard InChI is InChI=1S/C29H38FN5O3/c1-5-6-12-33-13-7-14-34(16-15-33)22-9-11-25-23(18-22)29(37)35(19-27(36)31-20(2)3)28(32-25)21-8-10-24(30)26(17-21)38-4/h8-11,17-18,20H,5-7,12-16,19H2,1-4H3,(H,31,36). The third kappa shape index (κ3) is 6.32. The molecule has 0 unspecified atom stereocenters. The highest BCUT2D eigenvalue weighted by Gasteiger charge is 2.20. The Hall–Kier alpha value is -3.46. The molecule has 204 valence electrons. The van der Waals surface area contributed by atoms with Crippen molar-refractivity contribution in [3.05, 3.63) is 52.6 Å². The van der Waals surface area contributed by atoms with E-state index in [4.69, 9.17) is 9.72 Å². The molecule has 1 N–H and O–H groups in total. The van der Waals surface area contributed by atoms with Crippen LogP contribution in [0.4, 0.5) is 10.1 Å². The van der Waals surface area contributed by atoms with Gasteiger partial charge in [-0.2, -0.15) is 0 Å². The van der Waals surface area contributed by atoms with Crippen molar-refractivity contribution >= 4 is 22.5 Å². The summed E-state index contributed by atoms with van der Waals surface area (Å²) in [6, 6.07) is 9.98. The summed E-state index contributed by atoms with van der Waals surface area (Å²) in [6.45, 7) is 10.7. The van der Waals surface area contributed by atoms with Gasteiger partial charge in [0.25, 0.3) is 5.56 Å². The molecule has 2 heterocycles. The molecule has 0 spiro atoms. The molecule has 4 rings (SSSR count). The van der Waals surface area contributed by atoms with Crippen LogP contribution < -0.4 is 20.5 Å². The highest BCUT2D eigenvalue weighted by molar-refractivity contribution is 5.84. The molecule has 8 nitrogen and oxygen atoms in total. The number of unbranched alkanes of at least 4 members (excludes halogenated alkanes) is 1. The first-order valence-electron chi connectivity index (χ1n) is 13.5. The number of carbonyl (C=O) groups is 1. The topological polar surface area (TPSA) is 79.7 Å². The maximum absolute atomic E-state index is 14.1. The first-order chi connectivity index (χ1) is 18.3. The van der Waals surface area contributed by atoms with Crippen molar-refractivity contribution in [3.63, 3.8) is 0 Å². The fraction of sp³-hybridized carbons (Fsp3) is 0.483. The zero-order valence-corrected chi connectivity index (χ0v) is 22.8. The summed E-state index contributed by atoms with van der Waals surface area (Å²) >= 11 is 0. The number of methoxy groups -OCH3 is 1. The number of halogens is 1. The van der Waals surface area contributed by atoms with E-state index in [9.17, 15) is 14.0 Å². The Labute approximate surface area is 223 Å². The van der Waals surface area contributed by atoms with E-state index in [1.54, 1.807) is 0 Å². The van der Waals surface area contributed by atoms with Crippen LogP contribution >= 0.6 is 0 Å². The van der Waals surface area contributed by atoms with Gasteiger partial charge in [-0.05, 0) is 76.2 Å². The van der Waals surface area contributed by atoms with Gasteiger partial charge in [-0.25, -0.2) is 9.37 Å². The van der Waals surface area contributed by atoms with Crippen LogP contribution in [-0.2, 0) is 11.3 Å². The quantitative estimate of drug-likeness (QED) is 0.456. The molecule has 1 amide bonds. The van der Waals surface area contributed by atoms with Crippen molar-refractivity contribution in [3.8, 4) is 17.1 Å². The molecule has 1 saturated heterocycles. The Morgan fingerprint density at radius 1 is 1.13 bits per heavy atom. The normalized spacial score (nSPS) is 14.6. The Morgan fingerprint density at radius 3 is 2.68 bits per heavy atom. The molecule has 0 aliphatic carbocycles. The number of rotatable bonds is 9. The number of hydrogen-bond donors (Lipinski definition) is 1. The number of hydrogen-bond acceptors (Lipinski definition) is 6. The van der Waals surface area contributed by atoms with E-state index in [2.05, 4.69) is 22.0 Å². The van der Waals surface area contributed by atoms with E-state index in [0.29, 0.717) is 16.5 Å². The van der Waals surface area contributed by atoms with Gasteiger partial charge in [0.05, 0.1) is 18.0 Å². The molecule has 1 aliphatic rings. The number of fused-ring (bicyclic) bond motifs is 1. The third-order valence-corrected chi connectivity index (χ3v) is 6.88. The molecule has 38 heavy (non-hydrogen) atoms. The lowest BCUT2D eigenvalue weighted by molar-refractivity contribution is -0.122. The fourth-order valence-corrected chi connectivity index (χ4v) is 4.92. The molecule has 1 fully saturated rings. The predicted molar refractivity (Wildman–Crippen MR) is 149 cm³/mol. The van der Waals surface area contributed by atoms with Crippen molar-refractivity contribution in [2.75, 3.05) is 44.7 Å². The molecule has 1 aliphatic heterocycles. The summed E-state index contributed by atoms with van der Waals surface area (Å²) in [7, 11) is 1.38. The number of amides is 1. The average molecular weight is 524 g/mol. The van der Waals surface area contributed by atoms with Gasteiger partial charge in [-0.3, -0.25) is 14.2 Å². The summed E-state index contributed by atoms with van der Waals surface area (Å²) in [5.74, 6) is -0.485. The summed E-state index contributed by atoms with van der Waals surface area (Å²) in [6.07, 6.45) is 3.45. The van der Waals surface area contributed by atoms with Crippen molar-refractivity contribution in [2.24, 2.45) is 0 Å². The molecular formula is C29H38FN5O3. The van der Waals surface area contributed by atoms with Gasteiger partial charge in [-0.15, -0.1) is 0 Å². The van der Waals surface area contributed by atoms with Crippen LogP contribution in [0.15, 0.2) is 41.2 Å². The largest absolute Gasteiger partial charge is 0.494 e. The van der Waals surface area contributed by atoms with Gasteiger partial charge in [0, 0.05) is 36.9 Å². The smallest absolute Gasteiger partial charge is 0.262 e. The van der Waals surface area contributed by atoms with Crippen molar-refractivity contribution in [1.29, 1.82) is 0 Å². The molecule has 3 aromatic rings. The number of benzene rings is 2. The maximum Gasteiger partial charge on any atom is 0.262 e. The lowest BCUT2D eigenvalue weighted by atomic mass is 10.1. The zero-order chi connectivity index (χ0) is 27.2. The van der Waals surface area contributed by atoms with E-state index in [1.165, 1.54) is 42.7 Å². The molecular weight excluding hydrogens is 485 g/mol. The summed E-state index contributed by atoms with van der Waals surface area (Å²) in [5, 5.41) is 3.29. The first kappa shape index (κ1) is 27.6. The average Bonchev–Trinajstić information content (AvgIpc) is 3.14. The minimum absolute atomic E-state index is 0.0412.